The summed E-state index contributed by atoms with van der Waals surface area (Å²) in [6.07, 6.45) is 6.01. The van der Waals surface area contributed by atoms with Crippen LogP contribution in [0.2, 0.25) is 0 Å². The average molecular weight is 167 g/mol. The molecule has 2 aliphatic rings. The summed E-state index contributed by atoms with van der Waals surface area (Å²) in [7, 11) is 2.02. The molecule has 0 radical (unpaired) electrons. The third-order valence-corrected chi connectivity index (χ3v) is 3.04. The molecule has 0 amide bonds. The summed E-state index contributed by atoms with van der Waals surface area (Å²) in [5, 5.41) is 8.90. The number of hydrogen-bond donors (Lipinski definition) is 1. The molecule has 3 heteroatoms. The van der Waals surface area contributed by atoms with E-state index in [0.717, 1.165) is 12.8 Å². The molecule has 0 aliphatic carbocycles. The van der Waals surface area contributed by atoms with Crippen LogP contribution in [0.3, 0.4) is 0 Å². The Morgan fingerprint density at radius 2 is 2.25 bits per heavy atom. The van der Waals surface area contributed by atoms with Gasteiger partial charge in [0.05, 0.1) is 5.92 Å². The smallest absolute Gasteiger partial charge is 0.311 e. The standard InChI is InChI=1S/C9H13NO2/c1-10-6-2-4-7(9(11)12)8(10)5-3-6/h2,4,6-8H,3,5H2,1H3,(H,11,12)/t6?,7?,8-/m1/s1. The van der Waals surface area contributed by atoms with Crippen molar-refractivity contribution in [3.8, 4) is 0 Å². The van der Waals surface area contributed by atoms with E-state index in [-0.39, 0.29) is 12.0 Å². The zero-order valence-electron chi connectivity index (χ0n) is 7.10. The van der Waals surface area contributed by atoms with Gasteiger partial charge in [-0.25, -0.2) is 0 Å². The fourth-order valence-corrected chi connectivity index (χ4v) is 2.28. The van der Waals surface area contributed by atoms with Crippen LogP contribution < -0.4 is 0 Å². The fraction of sp³-hybridized carbons (Fsp3) is 0.667. The number of nitrogens with zero attached hydrogens (tertiary/aromatic N) is 1. The normalized spacial score (nSPS) is 40.2. The second-order valence-electron chi connectivity index (χ2n) is 3.63. The van der Waals surface area contributed by atoms with Gasteiger partial charge in [0.25, 0.3) is 0 Å². The summed E-state index contributed by atoms with van der Waals surface area (Å²) in [5.74, 6) is -0.975. The van der Waals surface area contributed by atoms with Gasteiger partial charge in [-0.2, -0.15) is 0 Å². The van der Waals surface area contributed by atoms with Crippen LogP contribution in [0, 0.1) is 5.92 Å². The SMILES string of the molecule is CN1C2C=CC(C(=O)O)[C@H]1CC2. The first-order chi connectivity index (χ1) is 5.70. The first-order valence-corrected chi connectivity index (χ1v) is 4.33. The summed E-state index contributed by atoms with van der Waals surface area (Å²) in [6.45, 7) is 0. The van der Waals surface area contributed by atoms with Crippen LogP contribution in [0.4, 0.5) is 0 Å². The average Bonchev–Trinajstić information content (AvgIpc) is 2.32. The zero-order valence-corrected chi connectivity index (χ0v) is 7.10. The van der Waals surface area contributed by atoms with E-state index in [1.54, 1.807) is 0 Å². The lowest BCUT2D eigenvalue weighted by molar-refractivity contribution is -0.142. The Balaban J connectivity index is 2.24. The van der Waals surface area contributed by atoms with Crippen molar-refractivity contribution in [3.63, 3.8) is 0 Å². The highest BCUT2D eigenvalue weighted by Crippen LogP contribution is 2.33. The summed E-state index contributed by atoms with van der Waals surface area (Å²) < 4.78 is 0. The lowest BCUT2D eigenvalue weighted by Crippen LogP contribution is -2.41. The van der Waals surface area contributed by atoms with E-state index in [1.165, 1.54) is 0 Å². The molecule has 12 heavy (non-hydrogen) atoms. The minimum Gasteiger partial charge on any atom is -0.481 e. The molecule has 2 bridgehead atoms. The number of likely N-dealkylation sites (N-methyl/N-ethyl adjacent to an activating group) is 1. The molecule has 3 atom stereocenters. The van der Waals surface area contributed by atoms with Crippen molar-refractivity contribution in [3.05, 3.63) is 12.2 Å². The first-order valence-electron chi connectivity index (χ1n) is 4.33. The number of carboxylic acid groups (broad SMARTS) is 1. The molecule has 2 rings (SSSR count). The van der Waals surface area contributed by atoms with Crippen molar-refractivity contribution < 1.29 is 9.90 Å². The van der Waals surface area contributed by atoms with Crippen LogP contribution in [-0.2, 0) is 4.79 Å². The van der Waals surface area contributed by atoms with Gasteiger partial charge in [-0.3, -0.25) is 9.69 Å². The molecule has 0 aromatic heterocycles. The highest BCUT2D eigenvalue weighted by Gasteiger charge is 2.39. The van der Waals surface area contributed by atoms with E-state index in [9.17, 15) is 4.79 Å². The maximum Gasteiger partial charge on any atom is 0.311 e. The number of rotatable bonds is 1. The molecule has 2 aliphatic heterocycles. The molecule has 1 fully saturated rings. The van der Waals surface area contributed by atoms with Crippen molar-refractivity contribution in [2.45, 2.75) is 24.9 Å². The first kappa shape index (κ1) is 7.80. The van der Waals surface area contributed by atoms with E-state index in [4.69, 9.17) is 5.11 Å². The number of aliphatic carboxylic acids is 1. The minimum absolute atomic E-state index is 0.234. The lowest BCUT2D eigenvalue weighted by Gasteiger charge is -2.30. The van der Waals surface area contributed by atoms with Crippen LogP contribution in [0.15, 0.2) is 12.2 Å². The van der Waals surface area contributed by atoms with Crippen molar-refractivity contribution in [1.82, 2.24) is 4.90 Å². The Bertz CT molecular complexity index is 237. The molecule has 2 heterocycles. The maximum absolute atomic E-state index is 10.8. The van der Waals surface area contributed by atoms with Gasteiger partial charge < -0.3 is 5.11 Å². The van der Waals surface area contributed by atoms with Crippen LogP contribution in [0.1, 0.15) is 12.8 Å². The Morgan fingerprint density at radius 3 is 2.92 bits per heavy atom. The predicted molar refractivity (Wildman–Crippen MR) is 44.8 cm³/mol. The van der Waals surface area contributed by atoms with Crippen LogP contribution in [-0.4, -0.2) is 35.1 Å². The van der Waals surface area contributed by atoms with Gasteiger partial charge in [0.1, 0.15) is 0 Å². The fourth-order valence-electron chi connectivity index (χ4n) is 2.28. The van der Waals surface area contributed by atoms with Crippen LogP contribution in [0.5, 0.6) is 0 Å². The van der Waals surface area contributed by atoms with Gasteiger partial charge in [0.15, 0.2) is 0 Å². The third kappa shape index (κ3) is 0.966. The van der Waals surface area contributed by atoms with Gasteiger partial charge in [0.2, 0.25) is 0 Å². The van der Waals surface area contributed by atoms with Crippen molar-refractivity contribution in [2.24, 2.45) is 5.92 Å². The second-order valence-corrected chi connectivity index (χ2v) is 3.63. The molecule has 0 aromatic rings. The monoisotopic (exact) mass is 167 g/mol. The molecule has 2 unspecified atom stereocenters. The van der Waals surface area contributed by atoms with E-state index in [0.29, 0.717) is 6.04 Å². The second kappa shape index (κ2) is 2.59. The lowest BCUT2D eigenvalue weighted by atomic mass is 9.97. The number of carbonyl (C=O) groups is 1. The van der Waals surface area contributed by atoms with E-state index < -0.39 is 5.97 Å². The maximum atomic E-state index is 10.8. The Kier molecular flexibility index (Phi) is 1.68. The quantitative estimate of drug-likeness (QED) is 0.585. The van der Waals surface area contributed by atoms with E-state index >= 15 is 0 Å². The third-order valence-electron chi connectivity index (χ3n) is 3.04. The Morgan fingerprint density at radius 1 is 1.50 bits per heavy atom. The molecular weight excluding hydrogens is 154 g/mol. The Hall–Kier alpha value is -0.830. The summed E-state index contributed by atoms with van der Waals surface area (Å²) >= 11 is 0. The van der Waals surface area contributed by atoms with Gasteiger partial charge in [-0.15, -0.1) is 0 Å². The topological polar surface area (TPSA) is 40.5 Å². The van der Waals surface area contributed by atoms with Crippen molar-refractivity contribution >= 4 is 5.97 Å². The largest absolute Gasteiger partial charge is 0.481 e. The molecule has 66 valence electrons. The molecule has 0 saturated carbocycles. The van der Waals surface area contributed by atoms with Gasteiger partial charge in [-0.05, 0) is 19.9 Å². The minimum atomic E-state index is -0.691. The van der Waals surface area contributed by atoms with Crippen molar-refractivity contribution in [2.75, 3.05) is 7.05 Å². The summed E-state index contributed by atoms with van der Waals surface area (Å²) in [6, 6.07) is 0.725. The van der Waals surface area contributed by atoms with Gasteiger partial charge in [-0.1, -0.05) is 12.2 Å². The van der Waals surface area contributed by atoms with Gasteiger partial charge in [0, 0.05) is 12.1 Å². The van der Waals surface area contributed by atoms with Crippen LogP contribution in [0.25, 0.3) is 0 Å². The number of carboxylic acids is 1. The highest BCUT2D eigenvalue weighted by atomic mass is 16.4. The van der Waals surface area contributed by atoms with E-state index in [1.807, 2.05) is 19.2 Å². The molecule has 1 N–H and O–H groups in total. The van der Waals surface area contributed by atoms with E-state index in [2.05, 4.69) is 4.90 Å². The Labute approximate surface area is 71.7 Å². The highest BCUT2D eigenvalue weighted by molar-refractivity contribution is 5.73. The molecule has 3 nitrogen and oxygen atoms in total. The molecule has 0 spiro atoms. The predicted octanol–water partition coefficient (Wildman–Crippen LogP) is 0.720. The van der Waals surface area contributed by atoms with Crippen LogP contribution >= 0.6 is 0 Å². The van der Waals surface area contributed by atoms with Gasteiger partial charge >= 0.3 is 5.97 Å². The molecular formula is C9H13NO2. The molecule has 1 saturated heterocycles. The van der Waals surface area contributed by atoms with Crippen molar-refractivity contribution in [1.29, 1.82) is 0 Å². The zero-order chi connectivity index (χ0) is 8.72. The summed E-state index contributed by atoms with van der Waals surface area (Å²) in [5.41, 5.74) is 0. The molecule has 0 aromatic carbocycles. The summed E-state index contributed by atoms with van der Waals surface area (Å²) in [4.78, 5) is 13.0. The number of hydrogen-bond acceptors (Lipinski definition) is 2. The number of fused-ring (bicyclic) bond motifs is 2.